The van der Waals surface area contributed by atoms with Gasteiger partial charge in [-0.25, -0.2) is 4.98 Å². The van der Waals surface area contributed by atoms with E-state index in [0.717, 1.165) is 21.5 Å². The summed E-state index contributed by atoms with van der Waals surface area (Å²) in [6.07, 6.45) is 0.319. The zero-order valence-corrected chi connectivity index (χ0v) is 15.5. The molecule has 4 nitrogen and oxygen atoms in total. The second-order valence-corrected chi connectivity index (χ2v) is 7.20. The van der Waals surface area contributed by atoms with Crippen molar-refractivity contribution in [3.63, 3.8) is 0 Å². The van der Waals surface area contributed by atoms with Crippen molar-refractivity contribution in [1.82, 2.24) is 4.98 Å². The molecule has 0 bridgehead atoms. The molecule has 0 radical (unpaired) electrons. The van der Waals surface area contributed by atoms with E-state index >= 15 is 0 Å². The molecule has 1 heterocycles. The normalized spacial score (nSPS) is 11.0. The molecule has 1 aromatic heterocycles. The fraction of sp³-hybridized carbons (Fsp3) is 0.300. The molecule has 0 aliphatic heterocycles. The first-order valence-corrected chi connectivity index (χ1v) is 9.29. The van der Waals surface area contributed by atoms with Crippen LogP contribution in [0.5, 0.6) is 5.75 Å². The molecule has 2 aromatic carbocycles. The van der Waals surface area contributed by atoms with E-state index in [0.29, 0.717) is 24.1 Å². The van der Waals surface area contributed by atoms with Crippen LogP contribution in [-0.2, 0) is 11.2 Å². The van der Waals surface area contributed by atoms with E-state index in [4.69, 9.17) is 4.74 Å². The average molecular weight is 354 g/mol. The lowest BCUT2D eigenvalue weighted by molar-refractivity contribution is -0.115. The number of carbonyl (C=O) groups is 1. The van der Waals surface area contributed by atoms with Crippen LogP contribution in [0.25, 0.3) is 10.2 Å². The number of anilines is 1. The van der Waals surface area contributed by atoms with Gasteiger partial charge in [0.15, 0.2) is 5.13 Å². The van der Waals surface area contributed by atoms with Gasteiger partial charge >= 0.3 is 0 Å². The van der Waals surface area contributed by atoms with E-state index in [1.165, 1.54) is 16.9 Å². The first-order chi connectivity index (χ1) is 12.1. The van der Waals surface area contributed by atoms with Gasteiger partial charge in [0.05, 0.1) is 23.2 Å². The number of rotatable bonds is 6. The molecule has 0 spiro atoms. The van der Waals surface area contributed by atoms with E-state index in [9.17, 15) is 4.79 Å². The molecule has 0 atom stereocenters. The summed E-state index contributed by atoms with van der Waals surface area (Å²) in [5.74, 6) is 1.16. The highest BCUT2D eigenvalue weighted by atomic mass is 32.1. The Balaban J connectivity index is 1.70. The molecule has 3 aromatic rings. The molecular formula is C20H22N2O2S. The first-order valence-electron chi connectivity index (χ1n) is 8.48. The summed E-state index contributed by atoms with van der Waals surface area (Å²) in [7, 11) is 0. The molecule has 5 heteroatoms. The fourth-order valence-electron chi connectivity index (χ4n) is 2.71. The number of thiazole rings is 1. The number of ether oxygens (including phenoxy) is 1. The second-order valence-electron chi connectivity index (χ2n) is 6.17. The van der Waals surface area contributed by atoms with Crippen LogP contribution in [0.4, 0.5) is 5.13 Å². The predicted octanol–water partition coefficient (Wildman–Crippen LogP) is 5.00. The number of nitrogens with zero attached hydrogens (tertiary/aromatic N) is 1. The van der Waals surface area contributed by atoms with Gasteiger partial charge in [0, 0.05) is 0 Å². The lowest BCUT2D eigenvalue weighted by atomic mass is 10.0. The Morgan fingerprint density at radius 2 is 1.96 bits per heavy atom. The third kappa shape index (κ3) is 4.17. The smallest absolute Gasteiger partial charge is 0.230 e. The highest BCUT2D eigenvalue weighted by Crippen LogP contribution is 2.31. The topological polar surface area (TPSA) is 51.2 Å². The van der Waals surface area contributed by atoms with Crippen LogP contribution in [0.15, 0.2) is 42.5 Å². The fourth-order valence-corrected chi connectivity index (χ4v) is 3.63. The number of hydrogen-bond acceptors (Lipinski definition) is 4. The maximum Gasteiger partial charge on any atom is 0.230 e. The summed E-state index contributed by atoms with van der Waals surface area (Å²) in [6.45, 7) is 6.89. The highest BCUT2D eigenvalue weighted by Gasteiger charge is 2.12. The number of nitrogens with one attached hydrogen (secondary N) is 1. The molecular weight excluding hydrogens is 332 g/mol. The SMILES string of the molecule is CCOc1ccc(CC(=O)Nc2nc3c(C(C)C)cccc3s2)cc1. The Hall–Kier alpha value is -2.40. The van der Waals surface area contributed by atoms with Gasteiger partial charge in [0.1, 0.15) is 5.75 Å². The molecule has 0 saturated carbocycles. The number of fused-ring (bicyclic) bond motifs is 1. The molecule has 1 N–H and O–H groups in total. The minimum Gasteiger partial charge on any atom is -0.494 e. The number of aromatic nitrogens is 1. The van der Waals surface area contributed by atoms with Crippen molar-refractivity contribution in [2.24, 2.45) is 0 Å². The minimum atomic E-state index is -0.0608. The summed E-state index contributed by atoms with van der Waals surface area (Å²) in [4.78, 5) is 16.9. The molecule has 0 aliphatic carbocycles. The van der Waals surface area contributed by atoms with Crippen LogP contribution < -0.4 is 10.1 Å². The van der Waals surface area contributed by atoms with E-state index in [1.54, 1.807) is 0 Å². The van der Waals surface area contributed by atoms with Crippen molar-refractivity contribution in [2.75, 3.05) is 11.9 Å². The van der Waals surface area contributed by atoms with E-state index < -0.39 is 0 Å². The Bertz CT molecular complexity index is 869. The van der Waals surface area contributed by atoms with Gasteiger partial charge in [0.2, 0.25) is 5.91 Å². The van der Waals surface area contributed by atoms with Gasteiger partial charge in [-0.3, -0.25) is 4.79 Å². The van der Waals surface area contributed by atoms with Gasteiger partial charge < -0.3 is 10.1 Å². The van der Waals surface area contributed by atoms with Crippen molar-refractivity contribution >= 4 is 32.6 Å². The monoisotopic (exact) mass is 354 g/mol. The van der Waals surface area contributed by atoms with Gasteiger partial charge in [0.25, 0.3) is 0 Å². The number of hydrogen-bond donors (Lipinski definition) is 1. The van der Waals surface area contributed by atoms with Crippen LogP contribution in [0.3, 0.4) is 0 Å². The summed E-state index contributed by atoms with van der Waals surface area (Å²) in [5, 5.41) is 3.57. The van der Waals surface area contributed by atoms with Crippen LogP contribution in [0.2, 0.25) is 0 Å². The third-order valence-corrected chi connectivity index (χ3v) is 4.85. The van der Waals surface area contributed by atoms with Crippen LogP contribution in [0, 0.1) is 0 Å². The first kappa shape index (κ1) is 17.4. The molecule has 3 rings (SSSR count). The Labute approximate surface area is 151 Å². The average Bonchev–Trinajstić information content (AvgIpc) is 2.98. The molecule has 0 unspecified atom stereocenters. The van der Waals surface area contributed by atoms with Crippen molar-refractivity contribution in [3.8, 4) is 5.75 Å². The van der Waals surface area contributed by atoms with Crippen molar-refractivity contribution in [1.29, 1.82) is 0 Å². The number of benzene rings is 2. The van der Waals surface area contributed by atoms with E-state index in [2.05, 4.69) is 30.2 Å². The number of para-hydroxylation sites is 1. The molecule has 0 fully saturated rings. The largest absolute Gasteiger partial charge is 0.494 e. The maximum absolute atomic E-state index is 12.3. The van der Waals surface area contributed by atoms with Crippen LogP contribution in [-0.4, -0.2) is 17.5 Å². The summed E-state index contributed by atoms with van der Waals surface area (Å²) in [6, 6.07) is 13.8. The van der Waals surface area contributed by atoms with E-state index in [1.807, 2.05) is 43.3 Å². The zero-order valence-electron chi connectivity index (χ0n) is 14.7. The van der Waals surface area contributed by atoms with Crippen molar-refractivity contribution < 1.29 is 9.53 Å². The van der Waals surface area contributed by atoms with Gasteiger partial charge in [-0.05, 0) is 42.2 Å². The maximum atomic E-state index is 12.3. The predicted molar refractivity (Wildman–Crippen MR) is 104 cm³/mol. The Morgan fingerprint density at radius 3 is 2.64 bits per heavy atom. The molecule has 0 saturated heterocycles. The lowest BCUT2D eigenvalue weighted by Gasteiger charge is -2.05. The Kier molecular flexibility index (Phi) is 5.34. The standard InChI is InChI=1S/C20H22N2O2S/c1-4-24-15-10-8-14(9-11-15)12-18(23)21-20-22-19-16(13(2)3)6-5-7-17(19)25-20/h5-11,13H,4,12H2,1-3H3,(H,21,22,23). The molecule has 1 amide bonds. The second kappa shape index (κ2) is 7.66. The quantitative estimate of drug-likeness (QED) is 0.678. The van der Waals surface area contributed by atoms with E-state index in [-0.39, 0.29) is 5.91 Å². The van der Waals surface area contributed by atoms with Crippen LogP contribution in [0.1, 0.15) is 37.8 Å². The lowest BCUT2D eigenvalue weighted by Crippen LogP contribution is -2.14. The highest BCUT2D eigenvalue weighted by molar-refractivity contribution is 7.22. The summed E-state index contributed by atoms with van der Waals surface area (Å²) < 4.78 is 6.52. The van der Waals surface area contributed by atoms with Gasteiger partial charge in [-0.1, -0.05) is 49.4 Å². The molecule has 0 aliphatic rings. The Morgan fingerprint density at radius 1 is 1.20 bits per heavy atom. The minimum absolute atomic E-state index is 0.0608. The van der Waals surface area contributed by atoms with Gasteiger partial charge in [-0.2, -0.15) is 0 Å². The molecule has 25 heavy (non-hydrogen) atoms. The van der Waals surface area contributed by atoms with Crippen LogP contribution >= 0.6 is 11.3 Å². The summed E-state index contributed by atoms with van der Waals surface area (Å²) >= 11 is 1.51. The summed E-state index contributed by atoms with van der Waals surface area (Å²) in [5.41, 5.74) is 3.14. The molecule has 130 valence electrons. The van der Waals surface area contributed by atoms with Gasteiger partial charge in [-0.15, -0.1) is 0 Å². The van der Waals surface area contributed by atoms with Crippen molar-refractivity contribution in [2.45, 2.75) is 33.1 Å². The van der Waals surface area contributed by atoms with Crippen molar-refractivity contribution in [3.05, 3.63) is 53.6 Å². The third-order valence-electron chi connectivity index (χ3n) is 3.92. The number of carbonyl (C=O) groups excluding carboxylic acids is 1. The zero-order chi connectivity index (χ0) is 17.8. The number of amides is 1.